The Morgan fingerprint density at radius 1 is 1.70 bits per heavy atom. The molecule has 2 N–H and O–H groups in total. The first-order valence-corrected chi connectivity index (χ1v) is 3.12. The van der Waals surface area contributed by atoms with Crippen LogP contribution in [0.3, 0.4) is 0 Å². The van der Waals surface area contributed by atoms with Gasteiger partial charge in [-0.25, -0.2) is 4.98 Å². The van der Waals surface area contributed by atoms with Crippen molar-refractivity contribution in [1.29, 1.82) is 0 Å². The average molecular weight is 161 g/mol. The molecule has 0 saturated heterocycles. The summed E-state index contributed by atoms with van der Waals surface area (Å²) in [7, 11) is 0. The van der Waals surface area contributed by atoms with E-state index < -0.39 is 5.95 Å². The number of nitrogens with zero attached hydrogens (tertiary/aromatic N) is 1. The minimum atomic E-state index is -0.581. The van der Waals surface area contributed by atoms with Gasteiger partial charge in [-0.3, -0.25) is 0 Å². The zero-order valence-corrected chi connectivity index (χ0v) is 5.90. The molecule has 0 fully saturated rings. The van der Waals surface area contributed by atoms with Gasteiger partial charge in [-0.2, -0.15) is 4.39 Å². The largest absolute Gasteiger partial charge is 0.326 e. The summed E-state index contributed by atoms with van der Waals surface area (Å²) in [5.41, 5.74) is 5.91. The van der Waals surface area contributed by atoms with Gasteiger partial charge in [0.1, 0.15) is 0 Å². The Balaban J connectivity index is 3.07. The van der Waals surface area contributed by atoms with E-state index in [1.807, 2.05) is 0 Å². The molecule has 0 bridgehead atoms. The summed E-state index contributed by atoms with van der Waals surface area (Å²) in [4.78, 5) is 3.38. The van der Waals surface area contributed by atoms with Crippen LogP contribution in [0.15, 0.2) is 12.3 Å². The molecule has 1 aromatic rings. The molecular weight excluding hydrogens is 155 g/mol. The first-order chi connectivity index (χ1) is 4.74. The van der Waals surface area contributed by atoms with Crippen LogP contribution in [0.25, 0.3) is 0 Å². The van der Waals surface area contributed by atoms with Crippen molar-refractivity contribution in [1.82, 2.24) is 4.98 Å². The molecule has 2 nitrogen and oxygen atoms in total. The minimum Gasteiger partial charge on any atom is -0.326 e. The first kappa shape index (κ1) is 7.44. The Morgan fingerprint density at radius 2 is 2.40 bits per heavy atom. The van der Waals surface area contributed by atoms with E-state index >= 15 is 0 Å². The molecule has 1 aromatic heterocycles. The molecule has 0 atom stereocenters. The van der Waals surface area contributed by atoms with Crippen LogP contribution < -0.4 is 5.73 Å². The maximum atomic E-state index is 12.2. The number of hydrogen-bond acceptors (Lipinski definition) is 2. The monoisotopic (exact) mass is 160 g/mol. The third-order valence-corrected chi connectivity index (χ3v) is 1.47. The topological polar surface area (TPSA) is 38.9 Å². The zero-order valence-electron chi connectivity index (χ0n) is 5.14. The van der Waals surface area contributed by atoms with Gasteiger partial charge in [0.2, 0.25) is 5.95 Å². The average Bonchev–Trinajstić information content (AvgIpc) is 1.88. The highest BCUT2D eigenvalue weighted by Crippen LogP contribution is 2.13. The normalized spacial score (nSPS) is 9.90. The van der Waals surface area contributed by atoms with Crippen molar-refractivity contribution in [3.05, 3.63) is 28.8 Å². The number of hydrogen-bond donors (Lipinski definition) is 1. The van der Waals surface area contributed by atoms with Crippen LogP contribution in [-0.2, 0) is 6.54 Å². The Bertz CT molecular complexity index is 239. The van der Waals surface area contributed by atoms with Gasteiger partial charge in [0.15, 0.2) is 0 Å². The molecule has 0 spiro atoms. The maximum Gasteiger partial charge on any atom is 0.214 e. The quantitative estimate of drug-likeness (QED) is 0.630. The molecule has 0 amide bonds. The molecule has 10 heavy (non-hydrogen) atoms. The van der Waals surface area contributed by atoms with Crippen molar-refractivity contribution in [2.75, 3.05) is 0 Å². The Hall–Kier alpha value is -0.670. The van der Waals surface area contributed by atoms with E-state index in [-0.39, 0.29) is 6.54 Å². The highest BCUT2D eigenvalue weighted by Gasteiger charge is 1.99. The lowest BCUT2D eigenvalue weighted by Crippen LogP contribution is -1.98. The number of rotatable bonds is 1. The lowest BCUT2D eigenvalue weighted by Gasteiger charge is -1.97. The van der Waals surface area contributed by atoms with Crippen molar-refractivity contribution >= 4 is 11.6 Å². The van der Waals surface area contributed by atoms with E-state index in [0.717, 1.165) is 6.07 Å². The summed E-state index contributed by atoms with van der Waals surface area (Å²) >= 11 is 5.57. The molecule has 0 unspecified atom stereocenters. The molecule has 1 heterocycles. The van der Waals surface area contributed by atoms with Gasteiger partial charge in [0, 0.05) is 24.4 Å². The van der Waals surface area contributed by atoms with Crippen molar-refractivity contribution in [3.63, 3.8) is 0 Å². The number of pyridine rings is 1. The standard InChI is InChI=1S/C6H6ClFN2/c7-5-1-6(8)10-3-4(5)2-9/h1,3H,2,9H2. The molecule has 4 heteroatoms. The molecule has 0 radical (unpaired) electrons. The summed E-state index contributed by atoms with van der Waals surface area (Å²) in [6.07, 6.45) is 1.33. The van der Waals surface area contributed by atoms with Crippen LogP contribution >= 0.6 is 11.6 Å². The second-order valence-corrected chi connectivity index (χ2v) is 2.21. The molecule has 0 aliphatic rings. The molecular formula is C6H6ClFN2. The molecule has 54 valence electrons. The molecule has 0 aromatic carbocycles. The summed E-state index contributed by atoms with van der Waals surface area (Å²) in [5.74, 6) is -0.581. The van der Waals surface area contributed by atoms with E-state index in [2.05, 4.69) is 4.98 Å². The van der Waals surface area contributed by atoms with Crippen LogP contribution in [0.5, 0.6) is 0 Å². The predicted molar refractivity (Wildman–Crippen MR) is 37.1 cm³/mol. The van der Waals surface area contributed by atoms with E-state index in [0.29, 0.717) is 10.6 Å². The number of aromatic nitrogens is 1. The zero-order chi connectivity index (χ0) is 7.56. The lowest BCUT2D eigenvalue weighted by atomic mass is 10.3. The van der Waals surface area contributed by atoms with Crippen LogP contribution in [-0.4, -0.2) is 4.98 Å². The van der Waals surface area contributed by atoms with E-state index in [1.165, 1.54) is 6.20 Å². The van der Waals surface area contributed by atoms with Crippen molar-refractivity contribution in [2.24, 2.45) is 5.73 Å². The number of nitrogens with two attached hydrogens (primary N) is 1. The summed E-state index contributed by atoms with van der Waals surface area (Å²) in [6.45, 7) is 0.284. The third kappa shape index (κ3) is 1.43. The maximum absolute atomic E-state index is 12.2. The highest BCUT2D eigenvalue weighted by atomic mass is 35.5. The fourth-order valence-electron chi connectivity index (χ4n) is 0.586. The fraction of sp³-hybridized carbons (Fsp3) is 0.167. The first-order valence-electron chi connectivity index (χ1n) is 2.74. The van der Waals surface area contributed by atoms with Crippen LogP contribution in [0.1, 0.15) is 5.56 Å². The van der Waals surface area contributed by atoms with Crippen molar-refractivity contribution in [2.45, 2.75) is 6.54 Å². The molecule has 0 aliphatic heterocycles. The van der Waals surface area contributed by atoms with E-state index in [4.69, 9.17) is 17.3 Å². The smallest absolute Gasteiger partial charge is 0.214 e. The van der Waals surface area contributed by atoms with Gasteiger partial charge >= 0.3 is 0 Å². The lowest BCUT2D eigenvalue weighted by molar-refractivity contribution is 0.582. The van der Waals surface area contributed by atoms with E-state index in [1.54, 1.807) is 0 Å². The molecule has 1 rings (SSSR count). The van der Waals surface area contributed by atoms with E-state index in [9.17, 15) is 4.39 Å². The second kappa shape index (κ2) is 2.94. The third-order valence-electron chi connectivity index (χ3n) is 1.12. The minimum absolute atomic E-state index is 0.284. The van der Waals surface area contributed by atoms with Gasteiger partial charge in [0.05, 0.1) is 5.02 Å². The molecule has 0 aliphatic carbocycles. The van der Waals surface area contributed by atoms with Gasteiger partial charge in [-0.1, -0.05) is 11.6 Å². The Labute approximate surface area is 62.8 Å². The second-order valence-electron chi connectivity index (χ2n) is 1.80. The van der Waals surface area contributed by atoms with Crippen LogP contribution in [0.2, 0.25) is 5.02 Å². The number of halogens is 2. The van der Waals surface area contributed by atoms with Gasteiger partial charge in [0.25, 0.3) is 0 Å². The molecule has 0 saturated carbocycles. The van der Waals surface area contributed by atoms with Crippen molar-refractivity contribution in [3.8, 4) is 0 Å². The Kier molecular flexibility index (Phi) is 2.19. The van der Waals surface area contributed by atoms with Crippen molar-refractivity contribution < 1.29 is 4.39 Å². The van der Waals surface area contributed by atoms with Gasteiger partial charge in [-0.05, 0) is 0 Å². The summed E-state index contributed by atoms with van der Waals surface area (Å²) in [5, 5.41) is 0.329. The predicted octanol–water partition coefficient (Wildman–Crippen LogP) is 1.33. The Morgan fingerprint density at radius 3 is 2.90 bits per heavy atom. The van der Waals surface area contributed by atoms with Gasteiger partial charge < -0.3 is 5.73 Å². The SMILES string of the molecule is NCc1cnc(F)cc1Cl. The van der Waals surface area contributed by atoms with Crippen LogP contribution in [0, 0.1) is 5.95 Å². The fourth-order valence-corrected chi connectivity index (χ4v) is 0.802. The van der Waals surface area contributed by atoms with Gasteiger partial charge in [-0.15, -0.1) is 0 Å². The summed E-state index contributed by atoms with van der Waals surface area (Å²) in [6, 6.07) is 1.14. The summed E-state index contributed by atoms with van der Waals surface area (Å²) < 4.78 is 12.2. The van der Waals surface area contributed by atoms with Crippen LogP contribution in [0.4, 0.5) is 4.39 Å². The highest BCUT2D eigenvalue weighted by molar-refractivity contribution is 6.31.